The summed E-state index contributed by atoms with van der Waals surface area (Å²) in [4.78, 5) is 8.08. The van der Waals surface area contributed by atoms with Gasteiger partial charge in [-0.2, -0.15) is 11.3 Å². The molecule has 0 saturated heterocycles. The van der Waals surface area contributed by atoms with E-state index in [0.29, 0.717) is 0 Å². The molecule has 3 nitrogen and oxygen atoms in total. The Balaban J connectivity index is 1.90. The minimum Gasteiger partial charge on any atom is -0.333 e. The molecular weight excluding hydrogens is 298 g/mol. The summed E-state index contributed by atoms with van der Waals surface area (Å²) in [6.07, 6.45) is 0.951. The van der Waals surface area contributed by atoms with Crippen molar-refractivity contribution < 1.29 is 0 Å². The van der Waals surface area contributed by atoms with Crippen LogP contribution in [0, 0.1) is 6.92 Å². The molecule has 2 atom stereocenters. The van der Waals surface area contributed by atoms with Gasteiger partial charge in [-0.3, -0.25) is 0 Å². The number of thiophene rings is 1. The highest BCUT2D eigenvalue weighted by Gasteiger charge is 2.22. The van der Waals surface area contributed by atoms with Crippen LogP contribution in [0.4, 0.5) is 0 Å². The van der Waals surface area contributed by atoms with Crippen molar-refractivity contribution in [3.05, 3.63) is 46.2 Å². The van der Waals surface area contributed by atoms with Crippen LogP contribution >= 0.6 is 23.1 Å². The van der Waals surface area contributed by atoms with Crippen LogP contribution in [0.15, 0.2) is 40.2 Å². The Hall–Kier alpha value is -1.30. The zero-order valence-electron chi connectivity index (χ0n) is 12.2. The first-order valence-electron chi connectivity index (χ1n) is 7.08. The quantitative estimate of drug-likeness (QED) is 0.681. The number of aryl methyl sites for hydroxylation is 1. The summed E-state index contributed by atoms with van der Waals surface area (Å²) in [5.41, 5.74) is 10.9. The van der Waals surface area contributed by atoms with Crippen LogP contribution in [0.25, 0.3) is 11.0 Å². The van der Waals surface area contributed by atoms with E-state index in [2.05, 4.69) is 58.8 Å². The van der Waals surface area contributed by atoms with Crippen LogP contribution in [-0.2, 0) is 0 Å². The number of nitrogens with one attached hydrogen (secondary N) is 1. The third-order valence-electron chi connectivity index (χ3n) is 3.59. The molecule has 2 aromatic heterocycles. The van der Waals surface area contributed by atoms with Gasteiger partial charge in [-0.1, -0.05) is 24.8 Å². The zero-order chi connectivity index (χ0) is 14.8. The van der Waals surface area contributed by atoms with Gasteiger partial charge in [0.15, 0.2) is 5.16 Å². The van der Waals surface area contributed by atoms with Crippen LogP contribution in [0.5, 0.6) is 0 Å². The second kappa shape index (κ2) is 6.22. The first-order valence-corrected chi connectivity index (χ1v) is 8.90. The molecule has 0 bridgehead atoms. The molecule has 2 heterocycles. The molecule has 0 fully saturated rings. The van der Waals surface area contributed by atoms with Gasteiger partial charge in [-0.15, -0.1) is 0 Å². The van der Waals surface area contributed by atoms with E-state index in [9.17, 15) is 0 Å². The van der Waals surface area contributed by atoms with Crippen molar-refractivity contribution in [2.45, 2.75) is 36.7 Å². The highest BCUT2D eigenvalue weighted by molar-refractivity contribution is 7.99. The van der Waals surface area contributed by atoms with E-state index in [4.69, 9.17) is 5.73 Å². The Labute approximate surface area is 133 Å². The Morgan fingerprint density at radius 1 is 1.38 bits per heavy atom. The average Bonchev–Trinajstić information content (AvgIpc) is 3.12. The molecule has 1 aromatic carbocycles. The number of H-pyrrole nitrogens is 1. The number of hydrogen-bond donors (Lipinski definition) is 2. The van der Waals surface area contributed by atoms with E-state index in [1.165, 1.54) is 11.1 Å². The van der Waals surface area contributed by atoms with Crippen molar-refractivity contribution in [1.82, 2.24) is 9.97 Å². The van der Waals surface area contributed by atoms with Gasteiger partial charge in [0.2, 0.25) is 0 Å². The van der Waals surface area contributed by atoms with Gasteiger partial charge < -0.3 is 10.7 Å². The number of benzene rings is 1. The first kappa shape index (κ1) is 14.6. The predicted octanol–water partition coefficient (Wildman–Crippen LogP) is 4.50. The maximum atomic E-state index is 6.32. The molecule has 0 spiro atoms. The number of imidazole rings is 1. The third-order valence-corrected chi connectivity index (χ3v) is 5.58. The molecule has 0 aliphatic rings. The number of nitrogens with zero attached hydrogens (tertiary/aromatic N) is 1. The van der Waals surface area contributed by atoms with Crippen LogP contribution in [0.3, 0.4) is 0 Å². The lowest BCUT2D eigenvalue weighted by molar-refractivity contribution is 0.634. The van der Waals surface area contributed by atoms with E-state index >= 15 is 0 Å². The summed E-state index contributed by atoms with van der Waals surface area (Å²) >= 11 is 3.44. The number of fused-ring (bicyclic) bond motifs is 1. The Morgan fingerprint density at radius 2 is 2.24 bits per heavy atom. The lowest BCUT2D eigenvalue weighted by atomic mass is 10.1. The average molecular weight is 317 g/mol. The molecular formula is C16H19N3S2. The van der Waals surface area contributed by atoms with Gasteiger partial charge in [0.25, 0.3) is 0 Å². The fourth-order valence-electron chi connectivity index (χ4n) is 2.33. The van der Waals surface area contributed by atoms with Gasteiger partial charge >= 0.3 is 0 Å². The van der Waals surface area contributed by atoms with Crippen LogP contribution in [0.1, 0.15) is 29.7 Å². The Kier molecular flexibility index (Phi) is 4.33. The fraction of sp³-hybridized carbons (Fsp3) is 0.312. The molecule has 3 rings (SSSR count). The van der Waals surface area contributed by atoms with Crippen LogP contribution in [-0.4, -0.2) is 16.0 Å². The largest absolute Gasteiger partial charge is 0.333 e. The predicted molar refractivity (Wildman–Crippen MR) is 92.0 cm³/mol. The minimum atomic E-state index is 0.125. The maximum Gasteiger partial charge on any atom is 0.167 e. The lowest BCUT2D eigenvalue weighted by Crippen LogP contribution is -2.25. The third kappa shape index (κ3) is 3.15. The summed E-state index contributed by atoms with van der Waals surface area (Å²) in [6.45, 7) is 4.22. The van der Waals surface area contributed by atoms with Gasteiger partial charge in [0.1, 0.15) is 0 Å². The van der Waals surface area contributed by atoms with Crippen molar-refractivity contribution in [3.63, 3.8) is 0 Å². The number of rotatable bonds is 5. The highest BCUT2D eigenvalue weighted by atomic mass is 32.2. The fourth-order valence-corrected chi connectivity index (χ4v) is 4.32. The van der Waals surface area contributed by atoms with E-state index in [1.54, 1.807) is 23.1 Å². The molecule has 0 radical (unpaired) electrons. The van der Waals surface area contributed by atoms with Crippen molar-refractivity contribution in [1.29, 1.82) is 0 Å². The van der Waals surface area contributed by atoms with Crippen molar-refractivity contribution in [3.8, 4) is 0 Å². The first-order chi connectivity index (χ1) is 10.2. The number of aromatic nitrogens is 2. The summed E-state index contributed by atoms with van der Waals surface area (Å²) in [7, 11) is 0. The summed E-state index contributed by atoms with van der Waals surface area (Å²) < 4.78 is 0. The second-order valence-corrected chi connectivity index (χ2v) is 7.14. The van der Waals surface area contributed by atoms with Crippen LogP contribution in [0.2, 0.25) is 0 Å². The normalized spacial score (nSPS) is 14.4. The molecule has 3 N–H and O–H groups in total. The smallest absolute Gasteiger partial charge is 0.167 e. The molecule has 0 saturated carbocycles. The second-order valence-electron chi connectivity index (χ2n) is 5.23. The van der Waals surface area contributed by atoms with Crippen molar-refractivity contribution in [2.24, 2.45) is 5.73 Å². The molecule has 0 aliphatic carbocycles. The highest BCUT2D eigenvalue weighted by Crippen LogP contribution is 2.38. The van der Waals surface area contributed by atoms with Gasteiger partial charge in [-0.05, 0) is 53.4 Å². The standard InChI is InChI=1S/C16H19N3S2/c1-3-12(17)15(11-6-7-20-9-11)21-16-18-13-5-4-10(2)8-14(13)19-16/h4-9,12,15H,3,17H2,1-2H3,(H,18,19). The molecule has 110 valence electrons. The van der Waals surface area contributed by atoms with Gasteiger partial charge in [-0.25, -0.2) is 4.98 Å². The molecule has 21 heavy (non-hydrogen) atoms. The Morgan fingerprint density at radius 3 is 2.95 bits per heavy atom. The topological polar surface area (TPSA) is 54.7 Å². The van der Waals surface area contributed by atoms with E-state index in [1.807, 2.05) is 0 Å². The number of aromatic amines is 1. The number of thioether (sulfide) groups is 1. The van der Waals surface area contributed by atoms with E-state index in [-0.39, 0.29) is 11.3 Å². The summed E-state index contributed by atoms with van der Waals surface area (Å²) in [5, 5.41) is 5.46. The van der Waals surface area contributed by atoms with Crippen LogP contribution < -0.4 is 5.73 Å². The van der Waals surface area contributed by atoms with Crippen molar-refractivity contribution in [2.75, 3.05) is 0 Å². The summed E-state index contributed by atoms with van der Waals surface area (Å²) in [6, 6.07) is 8.56. The Bertz CT molecular complexity index is 718. The number of hydrogen-bond acceptors (Lipinski definition) is 4. The van der Waals surface area contributed by atoms with E-state index < -0.39 is 0 Å². The summed E-state index contributed by atoms with van der Waals surface area (Å²) in [5.74, 6) is 0. The van der Waals surface area contributed by atoms with Gasteiger partial charge in [0.05, 0.1) is 16.3 Å². The minimum absolute atomic E-state index is 0.125. The maximum absolute atomic E-state index is 6.32. The molecule has 5 heteroatoms. The monoisotopic (exact) mass is 317 g/mol. The molecule has 2 unspecified atom stereocenters. The van der Waals surface area contributed by atoms with E-state index in [0.717, 1.165) is 22.6 Å². The SMILES string of the molecule is CCC(N)C(Sc1nc2ccc(C)cc2[nH]1)c1ccsc1. The lowest BCUT2D eigenvalue weighted by Gasteiger charge is -2.20. The van der Waals surface area contributed by atoms with Gasteiger partial charge in [0, 0.05) is 6.04 Å². The molecule has 3 aromatic rings. The number of nitrogens with two attached hydrogens (primary N) is 1. The molecule has 0 amide bonds. The molecule has 0 aliphatic heterocycles. The zero-order valence-corrected chi connectivity index (χ0v) is 13.8. The van der Waals surface area contributed by atoms with Crippen molar-refractivity contribution >= 4 is 34.1 Å².